The lowest BCUT2D eigenvalue weighted by atomic mass is 10.3. The maximum Gasteiger partial charge on any atom is 0.182 e. The first-order valence-corrected chi connectivity index (χ1v) is 5.99. The summed E-state index contributed by atoms with van der Waals surface area (Å²) in [6, 6.07) is 2.25. The number of anilines is 1. The number of benzene rings is 1. The minimum absolute atomic E-state index is 0.00866. The lowest BCUT2D eigenvalue weighted by molar-refractivity contribution is 0.589. The fourth-order valence-corrected chi connectivity index (χ4v) is 2.86. The topological polar surface area (TPSA) is 46.2 Å². The Bertz CT molecular complexity index is 486. The van der Waals surface area contributed by atoms with E-state index in [9.17, 15) is 12.8 Å². The van der Waals surface area contributed by atoms with Crippen molar-refractivity contribution in [3.05, 3.63) is 23.0 Å². The molecule has 1 aliphatic rings. The highest BCUT2D eigenvalue weighted by molar-refractivity contribution is 7.91. The van der Waals surface area contributed by atoms with Gasteiger partial charge in [0.05, 0.1) is 21.4 Å². The number of rotatable bonds is 0. The summed E-state index contributed by atoms with van der Waals surface area (Å²) in [6.07, 6.45) is 0. The molecule has 0 fully saturated rings. The first-order chi connectivity index (χ1) is 6.50. The summed E-state index contributed by atoms with van der Waals surface area (Å²) in [7, 11) is -3.34. The second-order valence-corrected chi connectivity index (χ2v) is 5.49. The van der Waals surface area contributed by atoms with Crippen molar-refractivity contribution in [3.8, 4) is 0 Å². The molecular formula is C8H7ClFNO2S. The zero-order valence-corrected chi connectivity index (χ0v) is 8.62. The zero-order chi connectivity index (χ0) is 10.3. The molecule has 6 heteroatoms. The predicted octanol–water partition coefficient (Wildman–Crippen LogP) is 1.68. The van der Waals surface area contributed by atoms with Crippen molar-refractivity contribution in [2.75, 3.05) is 17.6 Å². The quantitative estimate of drug-likeness (QED) is 0.744. The van der Waals surface area contributed by atoms with Crippen LogP contribution < -0.4 is 5.32 Å². The van der Waals surface area contributed by atoms with E-state index < -0.39 is 15.7 Å². The van der Waals surface area contributed by atoms with Gasteiger partial charge in [0.25, 0.3) is 0 Å². The zero-order valence-electron chi connectivity index (χ0n) is 7.05. The van der Waals surface area contributed by atoms with Gasteiger partial charge >= 0.3 is 0 Å². The van der Waals surface area contributed by atoms with Crippen molar-refractivity contribution in [1.29, 1.82) is 0 Å². The van der Waals surface area contributed by atoms with Crippen LogP contribution >= 0.6 is 11.6 Å². The second kappa shape index (κ2) is 3.10. The first kappa shape index (κ1) is 9.73. The first-order valence-electron chi connectivity index (χ1n) is 3.96. The largest absolute Gasteiger partial charge is 0.383 e. The summed E-state index contributed by atoms with van der Waals surface area (Å²) < 4.78 is 36.0. The third-order valence-electron chi connectivity index (χ3n) is 2.04. The monoisotopic (exact) mass is 235 g/mol. The van der Waals surface area contributed by atoms with E-state index in [1.54, 1.807) is 0 Å². The lowest BCUT2D eigenvalue weighted by Gasteiger charge is -2.18. The number of hydrogen-bond acceptors (Lipinski definition) is 3. The fraction of sp³-hybridized carbons (Fsp3) is 0.250. The van der Waals surface area contributed by atoms with Crippen LogP contribution in [0.4, 0.5) is 10.1 Å². The van der Waals surface area contributed by atoms with Gasteiger partial charge in [0, 0.05) is 6.54 Å². The average molecular weight is 236 g/mol. The molecule has 0 amide bonds. The average Bonchev–Trinajstić information content (AvgIpc) is 2.08. The van der Waals surface area contributed by atoms with Crippen LogP contribution in [-0.2, 0) is 9.84 Å². The van der Waals surface area contributed by atoms with Crippen LogP contribution in [-0.4, -0.2) is 20.7 Å². The molecule has 0 atom stereocenters. The van der Waals surface area contributed by atoms with Crippen molar-refractivity contribution in [3.63, 3.8) is 0 Å². The lowest BCUT2D eigenvalue weighted by Crippen LogP contribution is -2.23. The van der Waals surface area contributed by atoms with E-state index in [-0.39, 0.29) is 15.7 Å². The molecule has 1 aromatic carbocycles. The number of nitrogens with one attached hydrogen (secondary N) is 1. The van der Waals surface area contributed by atoms with E-state index in [1.165, 1.54) is 6.07 Å². The van der Waals surface area contributed by atoms with Gasteiger partial charge in [0.1, 0.15) is 5.82 Å². The summed E-state index contributed by atoms with van der Waals surface area (Å²) in [6.45, 7) is 0.331. The maximum absolute atomic E-state index is 13.0. The Balaban J connectivity index is 2.71. The number of sulfone groups is 1. The fourth-order valence-electron chi connectivity index (χ4n) is 1.35. The smallest absolute Gasteiger partial charge is 0.182 e. The van der Waals surface area contributed by atoms with Gasteiger partial charge in [-0.25, -0.2) is 12.8 Å². The minimum atomic E-state index is -3.34. The van der Waals surface area contributed by atoms with Gasteiger partial charge in [0.15, 0.2) is 9.84 Å². The Morgan fingerprint density at radius 3 is 2.86 bits per heavy atom. The highest BCUT2D eigenvalue weighted by atomic mass is 35.5. The van der Waals surface area contributed by atoms with Crippen LogP contribution in [0.2, 0.25) is 5.02 Å². The van der Waals surface area contributed by atoms with Gasteiger partial charge in [-0.1, -0.05) is 11.6 Å². The molecule has 0 spiro atoms. The molecular weight excluding hydrogens is 229 g/mol. The molecule has 0 bridgehead atoms. The van der Waals surface area contributed by atoms with Gasteiger partial charge in [-0.2, -0.15) is 0 Å². The standard InChI is InChI=1S/C8H7ClFNO2S/c9-5-3-7-8(4-6(5)10)14(12,13)2-1-11-7/h3-4,11H,1-2H2. The summed E-state index contributed by atoms with van der Waals surface area (Å²) >= 11 is 5.53. The molecule has 0 unspecified atom stereocenters. The molecule has 1 aliphatic heterocycles. The molecule has 0 radical (unpaired) electrons. The number of halogens is 2. The van der Waals surface area contributed by atoms with Crippen LogP contribution in [0, 0.1) is 5.82 Å². The van der Waals surface area contributed by atoms with E-state index in [4.69, 9.17) is 11.6 Å². The minimum Gasteiger partial charge on any atom is -0.383 e. The van der Waals surface area contributed by atoms with Crippen molar-refractivity contribution < 1.29 is 12.8 Å². The summed E-state index contributed by atoms with van der Waals surface area (Å²) in [5, 5.41) is 2.78. The van der Waals surface area contributed by atoms with Crippen molar-refractivity contribution >= 4 is 27.1 Å². The SMILES string of the molecule is O=S1(=O)CCNc2cc(Cl)c(F)cc21. The Labute approximate surface area is 85.8 Å². The van der Waals surface area contributed by atoms with E-state index in [1.807, 2.05) is 0 Å². The van der Waals surface area contributed by atoms with E-state index in [2.05, 4.69) is 5.32 Å². The van der Waals surface area contributed by atoms with E-state index in [0.717, 1.165) is 6.07 Å². The Kier molecular flexibility index (Phi) is 2.16. The predicted molar refractivity (Wildman–Crippen MR) is 52.0 cm³/mol. The highest BCUT2D eigenvalue weighted by Gasteiger charge is 2.24. The summed E-state index contributed by atoms with van der Waals surface area (Å²) in [5.74, 6) is -0.723. The van der Waals surface area contributed by atoms with Crippen LogP contribution in [0.5, 0.6) is 0 Å². The molecule has 0 saturated heterocycles. The molecule has 2 rings (SSSR count). The molecule has 0 saturated carbocycles. The van der Waals surface area contributed by atoms with Crippen LogP contribution in [0.3, 0.4) is 0 Å². The molecule has 76 valence electrons. The van der Waals surface area contributed by atoms with Crippen molar-refractivity contribution in [1.82, 2.24) is 0 Å². The van der Waals surface area contributed by atoms with Gasteiger partial charge in [0.2, 0.25) is 0 Å². The summed E-state index contributed by atoms with van der Waals surface area (Å²) in [5.41, 5.74) is 0.377. The van der Waals surface area contributed by atoms with Gasteiger partial charge in [-0.05, 0) is 12.1 Å². The van der Waals surface area contributed by atoms with Gasteiger partial charge in [-0.3, -0.25) is 0 Å². The Morgan fingerprint density at radius 1 is 1.43 bits per heavy atom. The van der Waals surface area contributed by atoms with Crippen LogP contribution in [0.1, 0.15) is 0 Å². The molecule has 1 aromatic rings. The van der Waals surface area contributed by atoms with Gasteiger partial charge < -0.3 is 5.32 Å². The third-order valence-corrected chi connectivity index (χ3v) is 4.08. The molecule has 0 aromatic heterocycles. The molecule has 0 aliphatic carbocycles. The molecule has 14 heavy (non-hydrogen) atoms. The third kappa shape index (κ3) is 1.46. The van der Waals surface area contributed by atoms with Crippen molar-refractivity contribution in [2.45, 2.75) is 4.90 Å². The number of hydrogen-bond donors (Lipinski definition) is 1. The van der Waals surface area contributed by atoms with E-state index in [0.29, 0.717) is 12.2 Å². The molecule has 1 heterocycles. The maximum atomic E-state index is 13.0. The highest BCUT2D eigenvalue weighted by Crippen LogP contribution is 2.30. The second-order valence-electron chi connectivity index (χ2n) is 3.01. The van der Waals surface area contributed by atoms with Crippen LogP contribution in [0.15, 0.2) is 17.0 Å². The molecule has 1 N–H and O–H groups in total. The normalized spacial score (nSPS) is 18.4. The Morgan fingerprint density at radius 2 is 2.14 bits per heavy atom. The van der Waals surface area contributed by atoms with E-state index >= 15 is 0 Å². The Hall–Kier alpha value is -0.810. The van der Waals surface area contributed by atoms with Crippen molar-refractivity contribution in [2.24, 2.45) is 0 Å². The molecule has 3 nitrogen and oxygen atoms in total. The van der Waals surface area contributed by atoms with Gasteiger partial charge in [-0.15, -0.1) is 0 Å². The van der Waals surface area contributed by atoms with Crippen LogP contribution in [0.25, 0.3) is 0 Å². The number of fused-ring (bicyclic) bond motifs is 1. The summed E-state index contributed by atoms with van der Waals surface area (Å²) in [4.78, 5) is -0.00866.